The summed E-state index contributed by atoms with van der Waals surface area (Å²) in [6.07, 6.45) is -0.595. The van der Waals surface area contributed by atoms with Crippen molar-refractivity contribution in [3.63, 3.8) is 0 Å². The second kappa shape index (κ2) is 3.14. The molecule has 0 saturated carbocycles. The molecule has 3 atom stereocenters. The molecule has 0 aromatic carbocycles. The Labute approximate surface area is 67.5 Å². The first-order valence-electron chi connectivity index (χ1n) is 2.72. The van der Waals surface area contributed by atoms with Crippen molar-refractivity contribution in [2.24, 2.45) is 0 Å². The maximum atomic E-state index is 9.10. The first-order valence-corrected chi connectivity index (χ1v) is 3.97. The molecule has 1 saturated heterocycles. The molecule has 1 rings (SSSR count). The summed E-state index contributed by atoms with van der Waals surface area (Å²) in [6.45, 7) is 0.395. The van der Waals surface area contributed by atoms with Crippen LogP contribution in [0.2, 0.25) is 0 Å². The normalized spacial score (nSPS) is 43.7. The number of aliphatic hydroxyl groups is 1. The van der Waals surface area contributed by atoms with E-state index in [1.807, 2.05) is 0 Å². The van der Waals surface area contributed by atoms with Crippen molar-refractivity contribution < 1.29 is 14.6 Å². The van der Waals surface area contributed by atoms with Crippen molar-refractivity contribution in [2.45, 2.75) is 16.3 Å². The van der Waals surface area contributed by atoms with Crippen LogP contribution in [-0.2, 0) is 9.47 Å². The summed E-state index contributed by atoms with van der Waals surface area (Å²) in [5.41, 5.74) is 0. The molecule has 0 radical (unpaired) electrons. The highest BCUT2D eigenvalue weighted by atomic mass is 127. The van der Waals surface area contributed by atoms with E-state index in [4.69, 9.17) is 14.6 Å². The molecule has 1 aliphatic heterocycles. The van der Waals surface area contributed by atoms with Gasteiger partial charge < -0.3 is 14.6 Å². The van der Waals surface area contributed by atoms with Gasteiger partial charge in [-0.05, 0) is 22.6 Å². The SMILES string of the molecule is COC1C(I)OC[C@@H]1O. The highest BCUT2D eigenvalue weighted by molar-refractivity contribution is 14.1. The molecule has 1 N–H and O–H groups in total. The molecular weight excluding hydrogens is 235 g/mol. The average Bonchev–Trinajstić information content (AvgIpc) is 2.12. The van der Waals surface area contributed by atoms with Crippen molar-refractivity contribution in [3.05, 3.63) is 0 Å². The maximum absolute atomic E-state index is 9.10. The minimum absolute atomic E-state index is 0.00241. The lowest BCUT2D eigenvalue weighted by Gasteiger charge is -2.12. The molecule has 1 fully saturated rings. The molecule has 0 aromatic heterocycles. The number of methoxy groups -OCH3 is 1. The van der Waals surface area contributed by atoms with Crippen LogP contribution in [0.3, 0.4) is 0 Å². The molecule has 0 bridgehead atoms. The first-order chi connectivity index (χ1) is 4.25. The topological polar surface area (TPSA) is 38.7 Å². The molecular formula is C5H9IO3. The molecule has 4 heteroatoms. The number of alkyl halides is 1. The Balaban J connectivity index is 2.44. The lowest BCUT2D eigenvalue weighted by atomic mass is 10.3. The Hall–Kier alpha value is 0.610. The fourth-order valence-corrected chi connectivity index (χ4v) is 1.80. The van der Waals surface area contributed by atoms with Gasteiger partial charge in [-0.3, -0.25) is 0 Å². The number of rotatable bonds is 1. The fourth-order valence-electron chi connectivity index (χ4n) is 0.819. The van der Waals surface area contributed by atoms with E-state index in [0.29, 0.717) is 6.61 Å². The van der Waals surface area contributed by atoms with Crippen molar-refractivity contribution in [2.75, 3.05) is 13.7 Å². The Morgan fingerprint density at radius 1 is 1.78 bits per heavy atom. The Kier molecular flexibility index (Phi) is 2.69. The second-order valence-corrected chi connectivity index (χ2v) is 3.18. The summed E-state index contributed by atoms with van der Waals surface area (Å²) in [5, 5.41) is 9.10. The predicted molar refractivity (Wildman–Crippen MR) is 40.6 cm³/mol. The monoisotopic (exact) mass is 244 g/mol. The van der Waals surface area contributed by atoms with Gasteiger partial charge in [0.2, 0.25) is 0 Å². The number of ether oxygens (including phenoxy) is 2. The van der Waals surface area contributed by atoms with Crippen LogP contribution < -0.4 is 0 Å². The molecule has 0 spiro atoms. The van der Waals surface area contributed by atoms with E-state index < -0.39 is 6.10 Å². The van der Waals surface area contributed by atoms with Crippen LogP contribution in [0.5, 0.6) is 0 Å². The van der Waals surface area contributed by atoms with Crippen LogP contribution in [0.1, 0.15) is 0 Å². The highest BCUT2D eigenvalue weighted by Gasteiger charge is 2.34. The standard InChI is InChI=1S/C5H9IO3/c1-8-4-3(7)2-9-5(4)6/h3-5,7H,2H2,1H3/t3-,4?,5?/m0/s1. The van der Waals surface area contributed by atoms with Crippen LogP contribution >= 0.6 is 22.6 Å². The predicted octanol–water partition coefficient (Wildman–Crippen LogP) is 0.154. The van der Waals surface area contributed by atoms with Crippen molar-refractivity contribution >= 4 is 22.6 Å². The molecule has 0 aromatic rings. The summed E-state index contributed by atoms with van der Waals surface area (Å²) in [5.74, 6) is 0. The minimum Gasteiger partial charge on any atom is -0.388 e. The molecule has 0 aliphatic carbocycles. The lowest BCUT2D eigenvalue weighted by Crippen LogP contribution is -2.28. The third-order valence-electron chi connectivity index (χ3n) is 1.34. The largest absolute Gasteiger partial charge is 0.388 e. The maximum Gasteiger partial charge on any atom is 0.137 e. The van der Waals surface area contributed by atoms with Crippen LogP contribution in [0.25, 0.3) is 0 Å². The van der Waals surface area contributed by atoms with Crippen molar-refractivity contribution in [1.82, 2.24) is 0 Å². The van der Waals surface area contributed by atoms with Crippen LogP contribution in [0.4, 0.5) is 0 Å². The summed E-state index contributed by atoms with van der Waals surface area (Å²) >= 11 is 2.10. The molecule has 9 heavy (non-hydrogen) atoms. The van der Waals surface area contributed by atoms with Gasteiger partial charge in [-0.25, -0.2) is 0 Å². The molecule has 3 nitrogen and oxygen atoms in total. The van der Waals surface area contributed by atoms with Gasteiger partial charge in [-0.15, -0.1) is 0 Å². The van der Waals surface area contributed by atoms with Gasteiger partial charge in [-0.1, -0.05) is 0 Å². The first kappa shape index (κ1) is 7.71. The zero-order chi connectivity index (χ0) is 6.85. The van der Waals surface area contributed by atoms with Crippen LogP contribution in [0, 0.1) is 0 Å². The minimum atomic E-state index is -0.447. The number of halogens is 1. The summed E-state index contributed by atoms with van der Waals surface area (Å²) in [6, 6.07) is 0. The van der Waals surface area contributed by atoms with Crippen LogP contribution in [0.15, 0.2) is 0 Å². The molecule has 1 heterocycles. The van der Waals surface area contributed by atoms with Gasteiger partial charge in [0.15, 0.2) is 0 Å². The molecule has 0 amide bonds. The Morgan fingerprint density at radius 3 is 2.67 bits per heavy atom. The van der Waals surface area contributed by atoms with Crippen molar-refractivity contribution in [3.8, 4) is 0 Å². The number of aliphatic hydroxyl groups excluding tert-OH is 1. The van der Waals surface area contributed by atoms with E-state index in [-0.39, 0.29) is 10.2 Å². The van der Waals surface area contributed by atoms with E-state index in [1.165, 1.54) is 0 Å². The van der Waals surface area contributed by atoms with E-state index in [9.17, 15) is 0 Å². The summed E-state index contributed by atoms with van der Waals surface area (Å²) in [4.78, 5) is 0. The summed E-state index contributed by atoms with van der Waals surface area (Å²) in [7, 11) is 1.58. The van der Waals surface area contributed by atoms with Crippen molar-refractivity contribution in [1.29, 1.82) is 0 Å². The third-order valence-corrected chi connectivity index (χ3v) is 2.40. The summed E-state index contributed by atoms with van der Waals surface area (Å²) < 4.78 is 10.0. The lowest BCUT2D eigenvalue weighted by molar-refractivity contribution is 0.0175. The fraction of sp³-hybridized carbons (Fsp3) is 1.00. The zero-order valence-corrected chi connectivity index (χ0v) is 7.24. The van der Waals surface area contributed by atoms with Gasteiger partial charge in [0.05, 0.1) is 6.61 Å². The van der Waals surface area contributed by atoms with Gasteiger partial charge in [0.25, 0.3) is 0 Å². The van der Waals surface area contributed by atoms with E-state index in [0.717, 1.165) is 0 Å². The van der Waals surface area contributed by atoms with Gasteiger partial charge in [0.1, 0.15) is 16.3 Å². The second-order valence-electron chi connectivity index (χ2n) is 1.95. The number of hydrogen-bond donors (Lipinski definition) is 1. The zero-order valence-electron chi connectivity index (χ0n) is 5.08. The highest BCUT2D eigenvalue weighted by Crippen LogP contribution is 2.21. The number of hydrogen-bond acceptors (Lipinski definition) is 3. The van der Waals surface area contributed by atoms with E-state index in [2.05, 4.69) is 22.6 Å². The van der Waals surface area contributed by atoms with Gasteiger partial charge >= 0.3 is 0 Å². The van der Waals surface area contributed by atoms with E-state index in [1.54, 1.807) is 7.11 Å². The van der Waals surface area contributed by atoms with E-state index >= 15 is 0 Å². The molecule has 2 unspecified atom stereocenters. The Morgan fingerprint density at radius 2 is 2.44 bits per heavy atom. The molecule has 1 aliphatic rings. The van der Waals surface area contributed by atoms with Gasteiger partial charge in [-0.2, -0.15) is 0 Å². The smallest absolute Gasteiger partial charge is 0.137 e. The third kappa shape index (κ3) is 1.54. The average molecular weight is 244 g/mol. The van der Waals surface area contributed by atoms with Crippen LogP contribution in [-0.4, -0.2) is 35.1 Å². The Bertz CT molecular complexity index is 88.2. The van der Waals surface area contributed by atoms with Gasteiger partial charge in [0, 0.05) is 7.11 Å². The molecule has 54 valence electrons. The quantitative estimate of drug-likeness (QED) is 0.527.